The normalized spacial score (nSPS) is 18.9. The van der Waals surface area contributed by atoms with Crippen molar-refractivity contribution in [3.63, 3.8) is 0 Å². The Morgan fingerprint density at radius 2 is 1.83 bits per heavy atom. The molecule has 0 saturated heterocycles. The molecule has 3 aromatic rings. The Morgan fingerprint density at radius 3 is 2.53 bits per heavy atom. The van der Waals surface area contributed by atoms with Crippen LogP contribution in [0.5, 0.6) is 5.88 Å². The van der Waals surface area contributed by atoms with Gasteiger partial charge in [0.05, 0.1) is 12.6 Å². The van der Waals surface area contributed by atoms with Crippen LogP contribution in [-0.2, 0) is 6.54 Å². The zero-order valence-corrected chi connectivity index (χ0v) is 20.7. The summed E-state index contributed by atoms with van der Waals surface area (Å²) in [7, 11) is 1.89. The quantitative estimate of drug-likeness (QED) is 0.527. The summed E-state index contributed by atoms with van der Waals surface area (Å²) in [5.74, 6) is -0.960. The third-order valence-corrected chi connectivity index (χ3v) is 6.60. The third-order valence-electron chi connectivity index (χ3n) is 6.60. The fraction of sp³-hybridized carbons (Fsp3) is 0.357. The van der Waals surface area contributed by atoms with E-state index in [1.807, 2.05) is 18.9 Å². The highest BCUT2D eigenvalue weighted by molar-refractivity contribution is 5.98. The van der Waals surface area contributed by atoms with Gasteiger partial charge in [0.25, 0.3) is 5.91 Å². The molecule has 36 heavy (non-hydrogen) atoms. The van der Waals surface area contributed by atoms with Crippen LogP contribution in [0.4, 0.5) is 8.78 Å². The number of pyridine rings is 1. The maximum Gasteiger partial charge on any atom is 0.259 e. The van der Waals surface area contributed by atoms with Gasteiger partial charge in [0.2, 0.25) is 5.88 Å². The molecule has 1 aromatic heterocycles. The summed E-state index contributed by atoms with van der Waals surface area (Å²) in [6.07, 6.45) is 1.13. The Labute approximate surface area is 210 Å². The highest BCUT2D eigenvalue weighted by Gasteiger charge is 2.34. The smallest absolute Gasteiger partial charge is 0.259 e. The number of benzene rings is 2. The van der Waals surface area contributed by atoms with Crippen LogP contribution in [0.25, 0.3) is 11.1 Å². The van der Waals surface area contributed by atoms with Crippen molar-refractivity contribution in [2.75, 3.05) is 26.7 Å². The Morgan fingerprint density at radius 1 is 1.14 bits per heavy atom. The van der Waals surface area contributed by atoms with Crippen molar-refractivity contribution in [2.24, 2.45) is 5.92 Å². The fourth-order valence-electron chi connectivity index (χ4n) is 4.45. The number of aromatic nitrogens is 1. The second kappa shape index (κ2) is 11.1. The number of carbonyl (C=O) groups is 1. The number of hydrogen-bond donors (Lipinski definition) is 1. The number of fused-ring (bicyclic) bond motifs is 1. The molecule has 1 amide bonds. The van der Waals surface area contributed by atoms with Crippen LogP contribution in [0, 0.1) is 17.6 Å². The van der Waals surface area contributed by atoms with E-state index in [0.29, 0.717) is 36.3 Å². The third kappa shape index (κ3) is 5.55. The number of ether oxygens (including phenoxy) is 1. The second-order valence-corrected chi connectivity index (χ2v) is 9.47. The Hall–Kier alpha value is -3.36. The van der Waals surface area contributed by atoms with Crippen molar-refractivity contribution in [1.29, 1.82) is 0 Å². The van der Waals surface area contributed by atoms with E-state index in [9.17, 15) is 18.7 Å². The van der Waals surface area contributed by atoms with E-state index in [1.54, 1.807) is 54.3 Å². The number of rotatable bonds is 7. The molecule has 6 nitrogen and oxygen atoms in total. The van der Waals surface area contributed by atoms with Crippen LogP contribution < -0.4 is 4.74 Å². The monoisotopic (exact) mass is 495 g/mol. The van der Waals surface area contributed by atoms with Crippen LogP contribution >= 0.6 is 0 Å². The molecule has 0 spiro atoms. The summed E-state index contributed by atoms with van der Waals surface area (Å²) in [6.45, 7) is 4.75. The first kappa shape index (κ1) is 25.7. The van der Waals surface area contributed by atoms with E-state index in [-0.39, 0.29) is 41.8 Å². The van der Waals surface area contributed by atoms with Crippen LogP contribution in [0.1, 0.15) is 29.8 Å². The van der Waals surface area contributed by atoms with Gasteiger partial charge in [-0.2, -0.15) is 0 Å². The molecule has 1 aliphatic rings. The molecule has 8 heteroatoms. The summed E-state index contributed by atoms with van der Waals surface area (Å²) < 4.78 is 34.9. The van der Waals surface area contributed by atoms with Crippen molar-refractivity contribution in [3.05, 3.63) is 83.6 Å². The molecular formula is C28H31F2N3O3. The Balaban J connectivity index is 1.67. The Kier molecular flexibility index (Phi) is 7.96. The van der Waals surface area contributed by atoms with E-state index in [0.717, 1.165) is 0 Å². The first-order chi connectivity index (χ1) is 17.3. The van der Waals surface area contributed by atoms with Crippen molar-refractivity contribution in [2.45, 2.75) is 32.5 Å². The minimum atomic E-state index is -0.431. The zero-order valence-electron chi connectivity index (χ0n) is 20.7. The minimum absolute atomic E-state index is 0.104. The maximum absolute atomic E-state index is 14.5. The van der Waals surface area contributed by atoms with Crippen molar-refractivity contribution in [3.8, 4) is 17.0 Å². The molecule has 0 fully saturated rings. The van der Waals surface area contributed by atoms with Gasteiger partial charge < -0.3 is 14.7 Å². The minimum Gasteiger partial charge on any atom is -0.472 e. The van der Waals surface area contributed by atoms with E-state index in [4.69, 9.17) is 4.74 Å². The van der Waals surface area contributed by atoms with E-state index >= 15 is 0 Å². The average Bonchev–Trinajstić information content (AvgIpc) is 2.87. The zero-order chi connectivity index (χ0) is 25.8. The molecule has 3 atom stereocenters. The number of aliphatic hydroxyl groups excluding tert-OH is 1. The molecule has 0 aliphatic carbocycles. The largest absolute Gasteiger partial charge is 0.472 e. The molecule has 0 unspecified atom stereocenters. The average molecular weight is 496 g/mol. The second-order valence-electron chi connectivity index (χ2n) is 9.47. The Bertz CT molecular complexity index is 1220. The molecule has 0 bridgehead atoms. The van der Waals surface area contributed by atoms with Crippen LogP contribution in [0.2, 0.25) is 0 Å². The van der Waals surface area contributed by atoms with Gasteiger partial charge in [-0.15, -0.1) is 0 Å². The number of hydrogen-bond acceptors (Lipinski definition) is 5. The number of aliphatic hydroxyl groups is 1. The van der Waals surface area contributed by atoms with Gasteiger partial charge in [0.15, 0.2) is 0 Å². The van der Waals surface area contributed by atoms with Crippen molar-refractivity contribution >= 4 is 5.91 Å². The number of carbonyl (C=O) groups excluding carboxylic acids is 1. The molecular weight excluding hydrogens is 464 g/mol. The van der Waals surface area contributed by atoms with E-state index in [2.05, 4.69) is 4.98 Å². The van der Waals surface area contributed by atoms with Crippen LogP contribution in [-0.4, -0.2) is 64.7 Å². The maximum atomic E-state index is 14.5. The molecule has 1 aliphatic heterocycles. The highest BCUT2D eigenvalue weighted by Crippen LogP contribution is 2.31. The van der Waals surface area contributed by atoms with Crippen LogP contribution in [0.15, 0.2) is 60.8 Å². The summed E-state index contributed by atoms with van der Waals surface area (Å²) in [4.78, 5) is 21.6. The summed E-state index contributed by atoms with van der Waals surface area (Å²) in [6, 6.07) is 14.1. The predicted octanol–water partition coefficient (Wildman–Crippen LogP) is 4.38. The lowest BCUT2D eigenvalue weighted by molar-refractivity contribution is 0.0324. The number of halogens is 2. The van der Waals surface area contributed by atoms with Crippen LogP contribution in [0.3, 0.4) is 0 Å². The highest BCUT2D eigenvalue weighted by atomic mass is 19.1. The lowest BCUT2D eigenvalue weighted by Crippen LogP contribution is -2.49. The predicted molar refractivity (Wildman–Crippen MR) is 134 cm³/mol. The van der Waals surface area contributed by atoms with Crippen molar-refractivity contribution < 1.29 is 23.4 Å². The van der Waals surface area contributed by atoms with Gasteiger partial charge in [-0.1, -0.05) is 43.3 Å². The van der Waals surface area contributed by atoms with Gasteiger partial charge >= 0.3 is 0 Å². The van der Waals surface area contributed by atoms with Crippen molar-refractivity contribution in [1.82, 2.24) is 14.8 Å². The van der Waals surface area contributed by atoms with Gasteiger partial charge in [-0.3, -0.25) is 9.69 Å². The molecule has 190 valence electrons. The van der Waals surface area contributed by atoms with E-state index in [1.165, 1.54) is 18.3 Å². The molecule has 2 aromatic carbocycles. The first-order valence-electron chi connectivity index (χ1n) is 12.0. The number of nitrogens with zero attached hydrogens (tertiary/aromatic N) is 3. The van der Waals surface area contributed by atoms with Gasteiger partial charge in [-0.25, -0.2) is 13.8 Å². The topological polar surface area (TPSA) is 65.9 Å². The molecule has 0 saturated carbocycles. The molecule has 0 radical (unpaired) electrons. The molecule has 2 heterocycles. The fourth-order valence-corrected chi connectivity index (χ4v) is 4.45. The standard InChI is InChI=1S/C28H31F2N3O3/c1-18-14-33(19(2)17-34)28(35)23-12-21(22-9-5-7-11-25(22)30)13-31-27(23)36-26(18)16-32(3)15-20-8-4-6-10-24(20)29/h4-13,18-19,26,34H,14-17H2,1-3H3/t18-,19+,26+/m0/s1. The summed E-state index contributed by atoms with van der Waals surface area (Å²) in [5, 5.41) is 9.84. The van der Waals surface area contributed by atoms with Gasteiger partial charge in [-0.05, 0) is 32.2 Å². The van der Waals surface area contributed by atoms with Gasteiger partial charge in [0.1, 0.15) is 23.3 Å². The molecule has 1 N–H and O–H groups in total. The molecule has 4 rings (SSSR count). The number of likely N-dealkylation sites (N-methyl/N-ethyl adjacent to an activating group) is 1. The lowest BCUT2D eigenvalue weighted by atomic mass is 9.99. The summed E-state index contributed by atoms with van der Waals surface area (Å²) in [5.41, 5.74) is 1.59. The summed E-state index contributed by atoms with van der Waals surface area (Å²) >= 11 is 0. The SMILES string of the molecule is C[C@H](CO)N1C[C@H](C)[C@@H](CN(C)Cc2ccccc2F)Oc2ncc(-c3ccccc3F)cc2C1=O. The lowest BCUT2D eigenvalue weighted by Gasteiger charge is -2.37. The van der Waals surface area contributed by atoms with E-state index < -0.39 is 11.9 Å². The van der Waals surface area contributed by atoms with Gasteiger partial charge in [0, 0.05) is 48.4 Å². The number of amides is 1. The first-order valence-corrected chi connectivity index (χ1v) is 12.0.